The Labute approximate surface area is 260 Å². The molecule has 0 amide bonds. The minimum atomic E-state index is 0.933. The Morgan fingerprint density at radius 3 is 1.60 bits per heavy atom. The van der Waals surface area contributed by atoms with E-state index in [9.17, 15) is 0 Å². The van der Waals surface area contributed by atoms with Crippen molar-refractivity contribution in [3.05, 3.63) is 71.8 Å². The number of hydrogen-bond acceptors (Lipinski definition) is 2. The van der Waals surface area contributed by atoms with E-state index in [0.717, 1.165) is 36.3 Å². The zero-order valence-electron chi connectivity index (χ0n) is 27.6. The number of nitrogens with zero attached hydrogens (tertiary/aromatic N) is 2. The average molecular weight is 571 g/mol. The Bertz CT molecular complexity index is 973. The van der Waals surface area contributed by atoms with E-state index in [2.05, 4.69) is 51.1 Å². The standard InChI is InChI=1S/C40H62N2/c1-4-7-10-11-12-13-14-15-16-17-18-19-20-24-31-39(35-41-38-29-25-21-26-30-38)42-40-33-36(27-22-8-5-2)32-37(34-40)28-23-9-6-3/h21,24-26,29-35H,4-20,22-23,27-28H2,1-3H3. The highest BCUT2D eigenvalue weighted by Crippen LogP contribution is 2.22. The molecular weight excluding hydrogens is 508 g/mol. The maximum absolute atomic E-state index is 5.13. The average Bonchev–Trinajstić information content (AvgIpc) is 3.00. The predicted molar refractivity (Wildman–Crippen MR) is 189 cm³/mol. The first-order valence-electron chi connectivity index (χ1n) is 17.7. The van der Waals surface area contributed by atoms with Crippen LogP contribution in [0, 0.1) is 0 Å². The van der Waals surface area contributed by atoms with Crippen LogP contribution in [0.1, 0.15) is 154 Å². The van der Waals surface area contributed by atoms with E-state index < -0.39 is 0 Å². The second-order valence-corrected chi connectivity index (χ2v) is 12.1. The lowest BCUT2D eigenvalue weighted by molar-refractivity contribution is 0.545. The van der Waals surface area contributed by atoms with E-state index in [4.69, 9.17) is 9.98 Å². The predicted octanol–water partition coefficient (Wildman–Crippen LogP) is 13.3. The van der Waals surface area contributed by atoms with Gasteiger partial charge in [-0.15, -0.1) is 0 Å². The van der Waals surface area contributed by atoms with Crippen molar-refractivity contribution in [3.63, 3.8) is 0 Å². The van der Waals surface area contributed by atoms with Gasteiger partial charge in [-0.2, -0.15) is 0 Å². The van der Waals surface area contributed by atoms with E-state index >= 15 is 0 Å². The van der Waals surface area contributed by atoms with Crippen LogP contribution < -0.4 is 0 Å². The fraction of sp³-hybridized carbons (Fsp3) is 0.600. The lowest BCUT2D eigenvalue weighted by Crippen LogP contribution is -1.96. The molecule has 2 nitrogen and oxygen atoms in total. The van der Waals surface area contributed by atoms with Crippen molar-refractivity contribution in [2.75, 3.05) is 0 Å². The zero-order valence-corrected chi connectivity index (χ0v) is 27.6. The molecule has 0 bridgehead atoms. The van der Waals surface area contributed by atoms with Gasteiger partial charge in [0.25, 0.3) is 0 Å². The lowest BCUT2D eigenvalue weighted by Gasteiger charge is -2.08. The second-order valence-electron chi connectivity index (χ2n) is 12.1. The van der Waals surface area contributed by atoms with Crippen LogP contribution in [0.4, 0.5) is 11.4 Å². The van der Waals surface area contributed by atoms with Gasteiger partial charge in [-0.25, -0.2) is 4.99 Å². The van der Waals surface area contributed by atoms with Crippen LogP contribution in [0.5, 0.6) is 0 Å². The van der Waals surface area contributed by atoms with Crippen LogP contribution in [0.15, 0.2) is 70.7 Å². The van der Waals surface area contributed by atoms with Crippen molar-refractivity contribution in [2.45, 2.75) is 156 Å². The van der Waals surface area contributed by atoms with Crippen LogP contribution >= 0.6 is 0 Å². The Kier molecular flexibility index (Phi) is 21.3. The third-order valence-electron chi connectivity index (χ3n) is 8.05. The molecule has 0 aliphatic heterocycles. The summed E-state index contributed by atoms with van der Waals surface area (Å²) in [5.74, 6) is 0. The smallest absolute Gasteiger partial charge is 0.0816 e. The van der Waals surface area contributed by atoms with Crippen LogP contribution in [0.25, 0.3) is 0 Å². The molecule has 0 saturated carbocycles. The van der Waals surface area contributed by atoms with Crippen molar-refractivity contribution in [2.24, 2.45) is 9.98 Å². The number of allylic oxidation sites excluding steroid dienone is 2. The molecule has 2 aromatic rings. The summed E-state index contributed by atoms with van der Waals surface area (Å²) in [5, 5.41) is 0. The molecular formula is C40H62N2. The Morgan fingerprint density at radius 2 is 1.05 bits per heavy atom. The molecule has 0 fully saturated rings. The molecule has 0 aliphatic rings. The molecule has 42 heavy (non-hydrogen) atoms. The number of hydrogen-bond donors (Lipinski definition) is 0. The lowest BCUT2D eigenvalue weighted by atomic mass is 10.00. The molecule has 0 radical (unpaired) electrons. The topological polar surface area (TPSA) is 24.7 Å². The van der Waals surface area contributed by atoms with Gasteiger partial charge in [0.15, 0.2) is 0 Å². The SMILES string of the molecule is CCCCCCCCCCCCCCC=CC(C=Nc1ccccc1)=Nc1cc(CCCCC)cc(CCCCC)c1. The van der Waals surface area contributed by atoms with E-state index in [1.54, 1.807) is 0 Å². The number of benzene rings is 2. The third kappa shape index (κ3) is 18.1. The van der Waals surface area contributed by atoms with Gasteiger partial charge in [-0.1, -0.05) is 147 Å². The monoisotopic (exact) mass is 570 g/mol. The number of para-hydroxylation sites is 1. The number of unbranched alkanes of at least 4 members (excludes halogenated alkanes) is 16. The van der Waals surface area contributed by atoms with Gasteiger partial charge in [0, 0.05) is 0 Å². The molecule has 0 unspecified atom stereocenters. The van der Waals surface area contributed by atoms with Gasteiger partial charge in [-0.3, -0.25) is 4.99 Å². The van der Waals surface area contributed by atoms with Crippen LogP contribution in [0.3, 0.4) is 0 Å². The minimum Gasteiger partial charge on any atom is -0.255 e. The highest BCUT2D eigenvalue weighted by molar-refractivity contribution is 6.36. The van der Waals surface area contributed by atoms with Gasteiger partial charge in [-0.05, 0) is 80.0 Å². The van der Waals surface area contributed by atoms with E-state index in [1.165, 1.54) is 127 Å². The van der Waals surface area contributed by atoms with Crippen molar-refractivity contribution in [1.82, 2.24) is 0 Å². The molecule has 2 heteroatoms. The van der Waals surface area contributed by atoms with Gasteiger partial charge < -0.3 is 0 Å². The number of aliphatic imine (C=N–C) groups is 2. The van der Waals surface area contributed by atoms with Gasteiger partial charge >= 0.3 is 0 Å². The molecule has 0 aromatic heterocycles. The minimum absolute atomic E-state index is 0.933. The molecule has 2 rings (SSSR count). The summed E-state index contributed by atoms with van der Waals surface area (Å²) in [5.41, 5.74) is 5.82. The Hall–Kier alpha value is -2.48. The maximum atomic E-state index is 5.13. The fourth-order valence-electron chi connectivity index (χ4n) is 5.47. The molecule has 0 saturated heterocycles. The van der Waals surface area contributed by atoms with Gasteiger partial charge in [0.05, 0.1) is 23.3 Å². The first kappa shape index (κ1) is 35.7. The van der Waals surface area contributed by atoms with Crippen LogP contribution in [-0.4, -0.2) is 11.9 Å². The molecule has 232 valence electrons. The van der Waals surface area contributed by atoms with Crippen molar-refractivity contribution in [1.29, 1.82) is 0 Å². The Balaban J connectivity index is 1.96. The molecule has 0 heterocycles. The molecule has 0 spiro atoms. The van der Waals surface area contributed by atoms with Crippen molar-refractivity contribution < 1.29 is 0 Å². The summed E-state index contributed by atoms with van der Waals surface area (Å²) in [4.78, 5) is 9.88. The number of aryl methyl sites for hydroxylation is 2. The van der Waals surface area contributed by atoms with Gasteiger partial charge in [0.2, 0.25) is 0 Å². The molecule has 0 N–H and O–H groups in total. The fourth-order valence-corrected chi connectivity index (χ4v) is 5.47. The Morgan fingerprint density at radius 1 is 0.548 bits per heavy atom. The van der Waals surface area contributed by atoms with E-state index in [0.29, 0.717) is 0 Å². The summed E-state index contributed by atoms with van der Waals surface area (Å²) >= 11 is 0. The zero-order chi connectivity index (χ0) is 29.9. The van der Waals surface area contributed by atoms with E-state index in [1.807, 2.05) is 36.5 Å². The quantitative estimate of drug-likeness (QED) is 0.0837. The van der Waals surface area contributed by atoms with Gasteiger partial charge in [0.1, 0.15) is 0 Å². The third-order valence-corrected chi connectivity index (χ3v) is 8.05. The second kappa shape index (κ2) is 25.1. The summed E-state index contributed by atoms with van der Waals surface area (Å²) in [6.07, 6.45) is 34.1. The van der Waals surface area contributed by atoms with E-state index in [-0.39, 0.29) is 0 Å². The highest BCUT2D eigenvalue weighted by atomic mass is 14.8. The number of rotatable bonds is 25. The first-order chi connectivity index (χ1) is 20.7. The highest BCUT2D eigenvalue weighted by Gasteiger charge is 2.03. The van der Waals surface area contributed by atoms with Crippen LogP contribution in [-0.2, 0) is 12.8 Å². The summed E-state index contributed by atoms with van der Waals surface area (Å²) in [7, 11) is 0. The maximum Gasteiger partial charge on any atom is 0.0816 e. The van der Waals surface area contributed by atoms with Crippen LogP contribution in [0.2, 0.25) is 0 Å². The summed E-state index contributed by atoms with van der Waals surface area (Å²) < 4.78 is 0. The summed E-state index contributed by atoms with van der Waals surface area (Å²) in [6.45, 7) is 6.85. The molecule has 2 aromatic carbocycles. The summed E-state index contributed by atoms with van der Waals surface area (Å²) in [6, 6.07) is 17.2. The molecule has 0 aliphatic carbocycles. The molecule has 0 atom stereocenters. The first-order valence-corrected chi connectivity index (χ1v) is 17.7. The van der Waals surface area contributed by atoms with Crippen molar-refractivity contribution in [3.8, 4) is 0 Å². The normalized spacial score (nSPS) is 12.2. The van der Waals surface area contributed by atoms with Crippen molar-refractivity contribution >= 4 is 23.3 Å². The largest absolute Gasteiger partial charge is 0.255 e.